The van der Waals surface area contributed by atoms with E-state index in [1.54, 1.807) is 12.3 Å². The quantitative estimate of drug-likeness (QED) is 0.294. The number of nitrogens with zero attached hydrogens (tertiary/aromatic N) is 3. The molecule has 0 bridgehead atoms. The molecule has 1 atom stereocenters. The fourth-order valence-corrected chi connectivity index (χ4v) is 4.39. The Kier molecular flexibility index (Phi) is 8.23. The summed E-state index contributed by atoms with van der Waals surface area (Å²) in [5.74, 6) is 1.56. The lowest BCUT2D eigenvalue weighted by Crippen LogP contribution is -2.42. The summed E-state index contributed by atoms with van der Waals surface area (Å²) in [4.78, 5) is 11.1. The van der Waals surface area contributed by atoms with Crippen LogP contribution in [0.1, 0.15) is 31.6 Å². The van der Waals surface area contributed by atoms with Crippen molar-refractivity contribution in [3.63, 3.8) is 0 Å². The maximum absolute atomic E-state index is 12.3. The highest BCUT2D eigenvalue weighted by atomic mass is 32.2. The molecule has 1 aliphatic rings. The first-order valence-corrected chi connectivity index (χ1v) is 11.8. The molecule has 2 aromatic heterocycles. The summed E-state index contributed by atoms with van der Waals surface area (Å²) in [5, 5.41) is 6.39. The first-order chi connectivity index (χ1) is 14.6. The molecule has 3 rings (SSSR count). The fraction of sp³-hybridized carbons (Fsp3) is 0.500. The molecule has 0 aromatic carbocycles. The Bertz CT molecular complexity index is 881. The van der Waals surface area contributed by atoms with Crippen LogP contribution in [0.5, 0.6) is 0 Å². The molecule has 1 fully saturated rings. The van der Waals surface area contributed by atoms with E-state index in [2.05, 4.69) is 25.2 Å². The third kappa shape index (κ3) is 6.28. The average Bonchev–Trinajstić information content (AvgIpc) is 3.47. The average molecular weight is 435 g/mol. The molecule has 3 heterocycles. The van der Waals surface area contributed by atoms with Crippen LogP contribution in [-0.4, -0.2) is 63.5 Å². The molecule has 0 amide bonds. The van der Waals surface area contributed by atoms with Gasteiger partial charge in [0.2, 0.25) is 10.0 Å². The maximum Gasteiger partial charge on any atom is 0.242 e. The minimum atomic E-state index is -3.57. The smallest absolute Gasteiger partial charge is 0.242 e. The number of sulfonamides is 1. The van der Waals surface area contributed by atoms with Crippen LogP contribution in [0, 0.1) is 0 Å². The van der Waals surface area contributed by atoms with Gasteiger partial charge in [-0.2, -0.15) is 0 Å². The molecule has 0 saturated carbocycles. The molecular formula is C20H30N6O3S. The maximum atomic E-state index is 12.3. The molecule has 3 N–H and O–H groups in total. The second kappa shape index (κ2) is 11.1. The van der Waals surface area contributed by atoms with Gasteiger partial charge in [0, 0.05) is 32.0 Å². The van der Waals surface area contributed by atoms with E-state index in [-0.39, 0.29) is 17.5 Å². The number of aromatic nitrogens is 1. The molecule has 164 valence electrons. The predicted octanol–water partition coefficient (Wildman–Crippen LogP) is 1.35. The fourth-order valence-electron chi connectivity index (χ4n) is 3.39. The Morgan fingerprint density at radius 3 is 2.73 bits per heavy atom. The van der Waals surface area contributed by atoms with Gasteiger partial charge in [-0.05, 0) is 57.1 Å². The highest BCUT2D eigenvalue weighted by Crippen LogP contribution is 2.25. The first kappa shape index (κ1) is 22.3. The largest absolute Gasteiger partial charge is 0.468 e. The van der Waals surface area contributed by atoms with Gasteiger partial charge in [-0.1, -0.05) is 0 Å². The van der Waals surface area contributed by atoms with Crippen LogP contribution in [-0.2, 0) is 10.0 Å². The number of hydrogen-bond donors (Lipinski definition) is 3. The second-order valence-corrected chi connectivity index (χ2v) is 8.77. The van der Waals surface area contributed by atoms with Crippen LogP contribution in [0.3, 0.4) is 0 Å². The minimum Gasteiger partial charge on any atom is -0.468 e. The van der Waals surface area contributed by atoms with Crippen molar-refractivity contribution in [3.8, 4) is 0 Å². The molecule has 30 heavy (non-hydrogen) atoms. The summed E-state index contributed by atoms with van der Waals surface area (Å²) >= 11 is 0. The molecule has 1 saturated heterocycles. The van der Waals surface area contributed by atoms with E-state index in [1.165, 1.54) is 31.3 Å². The third-order valence-electron chi connectivity index (χ3n) is 4.87. The number of pyridine rings is 1. The van der Waals surface area contributed by atoms with E-state index < -0.39 is 10.0 Å². The van der Waals surface area contributed by atoms with E-state index in [9.17, 15) is 8.42 Å². The lowest BCUT2D eigenvalue weighted by molar-refractivity contribution is 0.221. The first-order valence-electron chi connectivity index (χ1n) is 10.3. The van der Waals surface area contributed by atoms with Crippen molar-refractivity contribution in [2.24, 2.45) is 4.99 Å². The van der Waals surface area contributed by atoms with Gasteiger partial charge in [-0.3, -0.25) is 14.9 Å². The monoisotopic (exact) mass is 434 g/mol. The van der Waals surface area contributed by atoms with Crippen molar-refractivity contribution >= 4 is 16.0 Å². The predicted molar refractivity (Wildman–Crippen MR) is 116 cm³/mol. The van der Waals surface area contributed by atoms with Gasteiger partial charge in [0.25, 0.3) is 0 Å². The number of rotatable bonds is 10. The Balaban J connectivity index is 1.55. The number of aliphatic imine (C=N–C) groups is 1. The minimum absolute atomic E-state index is 0.0991. The van der Waals surface area contributed by atoms with Crippen molar-refractivity contribution in [1.82, 2.24) is 25.2 Å². The number of likely N-dealkylation sites (tertiary alicyclic amines) is 1. The number of hydrogen-bond acceptors (Lipinski definition) is 6. The normalized spacial score (nSPS) is 16.5. The zero-order chi connectivity index (χ0) is 21.2. The van der Waals surface area contributed by atoms with E-state index in [0.717, 1.165) is 18.8 Å². The molecule has 0 radical (unpaired) electrons. The molecule has 2 aromatic rings. The van der Waals surface area contributed by atoms with Crippen LogP contribution in [0.15, 0.2) is 57.2 Å². The van der Waals surface area contributed by atoms with E-state index in [0.29, 0.717) is 25.6 Å². The second-order valence-electron chi connectivity index (χ2n) is 7.01. The highest BCUT2D eigenvalue weighted by molar-refractivity contribution is 7.89. The van der Waals surface area contributed by atoms with E-state index in [4.69, 9.17) is 9.41 Å². The van der Waals surface area contributed by atoms with Crippen LogP contribution in [0.25, 0.3) is 0 Å². The Labute approximate surface area is 178 Å². The highest BCUT2D eigenvalue weighted by Gasteiger charge is 2.25. The number of furan rings is 1. The molecule has 0 spiro atoms. The summed E-state index contributed by atoms with van der Waals surface area (Å²) in [6.07, 6.45) is 6.94. The third-order valence-corrected chi connectivity index (χ3v) is 6.32. The van der Waals surface area contributed by atoms with Crippen molar-refractivity contribution < 1.29 is 12.8 Å². The summed E-state index contributed by atoms with van der Waals surface area (Å²) in [5.41, 5.74) is 0. The standard InChI is InChI=1S/C20H30N6O3S/c1-2-22-20(23-10-11-25-30(27,28)17-7-5-9-21-15-17)24-16-18(19-8-6-14-29-19)26-12-3-4-13-26/h5-9,14-15,18,25H,2-4,10-13,16H2,1H3,(H2,22,23,24). The van der Waals surface area contributed by atoms with Crippen molar-refractivity contribution in [2.45, 2.75) is 30.7 Å². The molecule has 0 aliphatic carbocycles. The van der Waals surface area contributed by atoms with Gasteiger partial charge in [0.15, 0.2) is 5.96 Å². The Morgan fingerprint density at radius 2 is 2.07 bits per heavy atom. The van der Waals surface area contributed by atoms with Gasteiger partial charge in [0.1, 0.15) is 10.7 Å². The van der Waals surface area contributed by atoms with Crippen LogP contribution >= 0.6 is 0 Å². The van der Waals surface area contributed by atoms with Crippen molar-refractivity contribution in [2.75, 3.05) is 39.3 Å². The van der Waals surface area contributed by atoms with Gasteiger partial charge < -0.3 is 15.1 Å². The molecular weight excluding hydrogens is 404 g/mol. The molecule has 9 nitrogen and oxygen atoms in total. The zero-order valence-electron chi connectivity index (χ0n) is 17.3. The molecule has 10 heteroatoms. The van der Waals surface area contributed by atoms with Crippen LogP contribution < -0.4 is 15.4 Å². The molecule has 1 unspecified atom stereocenters. The topological polar surface area (TPSA) is 112 Å². The van der Waals surface area contributed by atoms with Gasteiger partial charge in [-0.15, -0.1) is 0 Å². The summed E-state index contributed by atoms with van der Waals surface area (Å²) in [7, 11) is -3.57. The summed E-state index contributed by atoms with van der Waals surface area (Å²) < 4.78 is 32.7. The Hall–Kier alpha value is -2.43. The van der Waals surface area contributed by atoms with Crippen molar-refractivity contribution in [1.29, 1.82) is 0 Å². The van der Waals surface area contributed by atoms with Gasteiger partial charge >= 0.3 is 0 Å². The lowest BCUT2D eigenvalue weighted by Gasteiger charge is -2.24. The Morgan fingerprint density at radius 1 is 1.23 bits per heavy atom. The zero-order valence-corrected chi connectivity index (χ0v) is 18.1. The van der Waals surface area contributed by atoms with Gasteiger partial charge in [0.05, 0.1) is 18.8 Å². The number of nitrogens with one attached hydrogen (secondary N) is 3. The van der Waals surface area contributed by atoms with E-state index >= 15 is 0 Å². The summed E-state index contributed by atoms with van der Waals surface area (Å²) in [6, 6.07) is 7.11. The van der Waals surface area contributed by atoms with Crippen LogP contribution in [0.2, 0.25) is 0 Å². The number of guanidine groups is 1. The lowest BCUT2D eigenvalue weighted by atomic mass is 10.2. The molecule has 1 aliphatic heterocycles. The van der Waals surface area contributed by atoms with Crippen molar-refractivity contribution in [3.05, 3.63) is 48.7 Å². The van der Waals surface area contributed by atoms with E-state index in [1.807, 2.05) is 19.1 Å². The van der Waals surface area contributed by atoms with Gasteiger partial charge in [-0.25, -0.2) is 13.1 Å². The van der Waals surface area contributed by atoms with Crippen LogP contribution in [0.4, 0.5) is 0 Å². The SMILES string of the molecule is CCNC(=NCC(c1ccco1)N1CCCC1)NCCNS(=O)(=O)c1cccnc1. The summed E-state index contributed by atoms with van der Waals surface area (Å²) in [6.45, 7) is 5.98.